The van der Waals surface area contributed by atoms with E-state index in [1.165, 1.54) is 21.8 Å². The summed E-state index contributed by atoms with van der Waals surface area (Å²) >= 11 is 3.74. The minimum Gasteiger partial charge on any atom is -0.309 e. The van der Waals surface area contributed by atoms with Gasteiger partial charge in [0.05, 0.1) is 17.2 Å². The van der Waals surface area contributed by atoms with Gasteiger partial charge in [-0.2, -0.15) is 5.10 Å². The highest BCUT2D eigenvalue weighted by atomic mass is 79.9. The van der Waals surface area contributed by atoms with Gasteiger partial charge in [0.25, 0.3) is 0 Å². The zero-order valence-corrected chi connectivity index (χ0v) is 14.9. The van der Waals surface area contributed by atoms with E-state index in [-0.39, 0.29) is 0 Å². The van der Waals surface area contributed by atoms with E-state index in [0.717, 1.165) is 21.3 Å². The number of benzene rings is 3. The van der Waals surface area contributed by atoms with Gasteiger partial charge in [-0.3, -0.25) is 5.10 Å². The Kier molecular flexibility index (Phi) is 3.25. The van der Waals surface area contributed by atoms with E-state index < -0.39 is 0 Å². The molecule has 0 radical (unpaired) electrons. The summed E-state index contributed by atoms with van der Waals surface area (Å²) in [5.41, 5.74) is 5.75. The van der Waals surface area contributed by atoms with Crippen LogP contribution in [0.15, 0.2) is 83.6 Å². The van der Waals surface area contributed by atoms with Crippen LogP contribution in [0, 0.1) is 0 Å². The molecule has 0 amide bonds. The Bertz CT molecular complexity index is 1190. The minimum absolute atomic E-state index is 1.07. The molecule has 0 atom stereocenters. The van der Waals surface area contributed by atoms with Crippen molar-refractivity contribution < 1.29 is 0 Å². The summed E-state index contributed by atoms with van der Waals surface area (Å²) < 4.78 is 3.39. The van der Waals surface area contributed by atoms with Crippen molar-refractivity contribution >= 4 is 37.7 Å². The summed E-state index contributed by atoms with van der Waals surface area (Å²) in [5.74, 6) is 0. The van der Waals surface area contributed by atoms with Gasteiger partial charge >= 0.3 is 0 Å². The van der Waals surface area contributed by atoms with Crippen LogP contribution in [-0.4, -0.2) is 14.8 Å². The minimum atomic E-state index is 1.07. The Morgan fingerprint density at radius 3 is 2.44 bits per heavy atom. The molecule has 120 valence electrons. The lowest BCUT2D eigenvalue weighted by molar-refractivity contribution is 1.09. The smallest absolute Gasteiger partial charge is 0.0566 e. The number of para-hydroxylation sites is 2. The molecule has 0 saturated heterocycles. The van der Waals surface area contributed by atoms with Crippen LogP contribution in [0.3, 0.4) is 0 Å². The second kappa shape index (κ2) is 5.60. The topological polar surface area (TPSA) is 33.6 Å². The fourth-order valence-corrected chi connectivity index (χ4v) is 4.04. The second-order valence-electron chi connectivity index (χ2n) is 6.02. The molecule has 5 aromatic rings. The quantitative estimate of drug-likeness (QED) is 0.399. The van der Waals surface area contributed by atoms with Gasteiger partial charge in [0.15, 0.2) is 0 Å². The Balaban J connectivity index is 1.94. The van der Waals surface area contributed by atoms with E-state index in [0.29, 0.717) is 0 Å². The van der Waals surface area contributed by atoms with Crippen LogP contribution in [0.25, 0.3) is 38.6 Å². The molecule has 1 N–H and O–H groups in total. The van der Waals surface area contributed by atoms with Gasteiger partial charge in [0.2, 0.25) is 0 Å². The molecule has 3 nitrogen and oxygen atoms in total. The lowest BCUT2D eigenvalue weighted by Crippen LogP contribution is -1.93. The highest BCUT2D eigenvalue weighted by Crippen LogP contribution is 2.38. The third-order valence-electron chi connectivity index (χ3n) is 4.59. The normalized spacial score (nSPS) is 11.4. The van der Waals surface area contributed by atoms with Gasteiger partial charge in [-0.25, -0.2) is 0 Å². The molecular weight excluding hydrogens is 374 g/mol. The first kappa shape index (κ1) is 14.5. The summed E-state index contributed by atoms with van der Waals surface area (Å²) in [4.78, 5) is 0. The number of halogens is 1. The molecule has 0 saturated carbocycles. The van der Waals surface area contributed by atoms with Crippen molar-refractivity contribution in [2.24, 2.45) is 0 Å². The third kappa shape index (κ3) is 2.22. The highest BCUT2D eigenvalue weighted by Gasteiger charge is 2.15. The zero-order chi connectivity index (χ0) is 16.8. The fourth-order valence-electron chi connectivity index (χ4n) is 3.46. The van der Waals surface area contributed by atoms with Crippen molar-refractivity contribution in [3.63, 3.8) is 0 Å². The largest absolute Gasteiger partial charge is 0.309 e. The van der Waals surface area contributed by atoms with Crippen LogP contribution in [0.4, 0.5) is 0 Å². The van der Waals surface area contributed by atoms with Gasteiger partial charge in [-0.15, -0.1) is 0 Å². The third-order valence-corrected chi connectivity index (χ3v) is 5.24. The SMILES string of the molecule is Brc1cc2c3ccccc3n(-c3ccccc3)c2cc1-c1cn[nH]c1. The molecule has 0 aliphatic rings. The molecule has 4 heteroatoms. The van der Waals surface area contributed by atoms with Gasteiger partial charge in [-0.1, -0.05) is 52.3 Å². The van der Waals surface area contributed by atoms with E-state index in [1.54, 1.807) is 0 Å². The molecule has 2 aromatic heterocycles. The molecule has 0 unspecified atom stereocenters. The zero-order valence-electron chi connectivity index (χ0n) is 13.3. The van der Waals surface area contributed by atoms with Crippen molar-refractivity contribution in [1.82, 2.24) is 14.8 Å². The van der Waals surface area contributed by atoms with Gasteiger partial charge in [-0.05, 0) is 30.3 Å². The molecule has 2 heterocycles. The molecule has 0 fully saturated rings. The summed E-state index contributed by atoms with van der Waals surface area (Å²) in [7, 11) is 0. The van der Waals surface area contributed by atoms with Gasteiger partial charge in [0.1, 0.15) is 0 Å². The number of H-pyrrole nitrogens is 1. The number of hydrogen-bond donors (Lipinski definition) is 1. The predicted molar refractivity (Wildman–Crippen MR) is 106 cm³/mol. The van der Waals surface area contributed by atoms with Crippen LogP contribution in [-0.2, 0) is 0 Å². The van der Waals surface area contributed by atoms with E-state index in [1.807, 2.05) is 18.5 Å². The number of fused-ring (bicyclic) bond motifs is 3. The molecule has 0 aliphatic carbocycles. The number of aromatic nitrogens is 3. The first-order valence-corrected chi connectivity index (χ1v) is 8.89. The number of rotatable bonds is 2. The highest BCUT2D eigenvalue weighted by molar-refractivity contribution is 9.10. The lowest BCUT2D eigenvalue weighted by Gasteiger charge is -2.09. The molecule has 3 aromatic carbocycles. The Labute approximate surface area is 153 Å². The Morgan fingerprint density at radius 2 is 1.64 bits per heavy atom. The van der Waals surface area contributed by atoms with Gasteiger partial charge < -0.3 is 4.57 Å². The maximum absolute atomic E-state index is 4.09. The molecule has 25 heavy (non-hydrogen) atoms. The summed E-state index contributed by atoms with van der Waals surface area (Å²) in [6.45, 7) is 0. The van der Waals surface area contributed by atoms with Crippen LogP contribution in [0.2, 0.25) is 0 Å². The predicted octanol–water partition coefficient (Wildman–Crippen LogP) is 5.94. The molecular formula is C21H14BrN3. The van der Waals surface area contributed by atoms with Crippen LogP contribution in [0.1, 0.15) is 0 Å². The van der Waals surface area contributed by atoms with E-state index in [2.05, 4.69) is 91.4 Å². The van der Waals surface area contributed by atoms with Crippen LogP contribution in [0.5, 0.6) is 0 Å². The fraction of sp³-hybridized carbons (Fsp3) is 0. The van der Waals surface area contributed by atoms with Crippen molar-refractivity contribution in [2.75, 3.05) is 0 Å². The van der Waals surface area contributed by atoms with Crippen molar-refractivity contribution in [2.45, 2.75) is 0 Å². The molecule has 5 rings (SSSR count). The van der Waals surface area contributed by atoms with E-state index in [9.17, 15) is 0 Å². The lowest BCUT2D eigenvalue weighted by atomic mass is 10.1. The van der Waals surface area contributed by atoms with Crippen molar-refractivity contribution in [3.8, 4) is 16.8 Å². The first-order chi connectivity index (χ1) is 12.3. The van der Waals surface area contributed by atoms with Crippen molar-refractivity contribution in [3.05, 3.63) is 83.6 Å². The standard InChI is InChI=1S/C21H14BrN3/c22-19-10-18-16-8-4-5-9-20(16)25(15-6-2-1-3-7-15)21(18)11-17(19)14-12-23-24-13-14/h1-13H,(H,23,24). The molecule has 0 bridgehead atoms. The number of hydrogen-bond acceptors (Lipinski definition) is 1. The molecule has 0 spiro atoms. The number of aromatic amines is 1. The maximum atomic E-state index is 4.09. The average Bonchev–Trinajstić information content (AvgIpc) is 3.28. The summed E-state index contributed by atoms with van der Waals surface area (Å²) in [5, 5.41) is 9.47. The second-order valence-corrected chi connectivity index (χ2v) is 6.88. The summed E-state index contributed by atoms with van der Waals surface area (Å²) in [6, 6.07) is 23.5. The van der Waals surface area contributed by atoms with Gasteiger partial charge in [0, 0.05) is 38.3 Å². The van der Waals surface area contributed by atoms with Crippen LogP contribution >= 0.6 is 15.9 Å². The van der Waals surface area contributed by atoms with E-state index in [4.69, 9.17) is 0 Å². The van der Waals surface area contributed by atoms with E-state index >= 15 is 0 Å². The van der Waals surface area contributed by atoms with Crippen LogP contribution < -0.4 is 0 Å². The number of nitrogens with one attached hydrogen (secondary N) is 1. The first-order valence-electron chi connectivity index (χ1n) is 8.10. The monoisotopic (exact) mass is 387 g/mol. The van der Waals surface area contributed by atoms with Crippen molar-refractivity contribution in [1.29, 1.82) is 0 Å². The number of nitrogens with zero attached hydrogens (tertiary/aromatic N) is 2. The summed E-state index contributed by atoms with van der Waals surface area (Å²) in [6.07, 6.45) is 3.77. The molecule has 0 aliphatic heterocycles. The average molecular weight is 388 g/mol. The maximum Gasteiger partial charge on any atom is 0.0566 e. The Morgan fingerprint density at radius 1 is 0.840 bits per heavy atom. The Hall–Kier alpha value is -2.85.